The van der Waals surface area contributed by atoms with Crippen LogP contribution in [0.25, 0.3) is 0 Å². The van der Waals surface area contributed by atoms with Gasteiger partial charge < -0.3 is 5.11 Å². The number of thioether (sulfide) groups is 1. The molecule has 1 N–H and O–H groups in total. The van der Waals surface area contributed by atoms with E-state index in [4.69, 9.17) is 5.11 Å². The molecule has 1 aliphatic rings. The van der Waals surface area contributed by atoms with E-state index in [0.717, 1.165) is 6.54 Å². The van der Waals surface area contributed by atoms with Gasteiger partial charge in [-0.3, -0.25) is 9.69 Å². The van der Waals surface area contributed by atoms with Gasteiger partial charge in [0.1, 0.15) is 0 Å². The summed E-state index contributed by atoms with van der Waals surface area (Å²) >= 11 is 1.96. The Hall–Kier alpha value is -0.480. The molecule has 1 atom stereocenters. The highest BCUT2D eigenvalue weighted by molar-refractivity contribution is 7.99. The monoisotopic (exact) mass is 215 g/mol. The van der Waals surface area contributed by atoms with Crippen LogP contribution >= 0.6 is 11.8 Å². The predicted octanol–water partition coefficient (Wildman–Crippen LogP) is 1.31. The lowest BCUT2D eigenvalue weighted by Crippen LogP contribution is -2.34. The molecule has 0 aromatic rings. The zero-order chi connectivity index (χ0) is 10.4. The maximum Gasteiger partial charge on any atom is 0.317 e. The van der Waals surface area contributed by atoms with Crippen LogP contribution in [-0.2, 0) is 4.79 Å². The molecule has 0 saturated carbocycles. The van der Waals surface area contributed by atoms with Gasteiger partial charge in [-0.15, -0.1) is 6.58 Å². The Morgan fingerprint density at radius 1 is 1.71 bits per heavy atom. The van der Waals surface area contributed by atoms with Crippen molar-refractivity contribution in [1.29, 1.82) is 0 Å². The normalized spacial score (nSPS) is 21.4. The fourth-order valence-corrected chi connectivity index (χ4v) is 2.94. The van der Waals surface area contributed by atoms with Gasteiger partial charge in [0.05, 0.1) is 6.54 Å². The molecule has 0 aromatic heterocycles. The zero-order valence-corrected chi connectivity index (χ0v) is 9.13. The highest BCUT2D eigenvalue weighted by Gasteiger charge is 2.19. The number of carboxylic acid groups (broad SMARTS) is 1. The lowest BCUT2D eigenvalue weighted by molar-refractivity contribution is -0.138. The summed E-state index contributed by atoms with van der Waals surface area (Å²) < 4.78 is 0. The molecule has 0 amide bonds. The summed E-state index contributed by atoms with van der Waals surface area (Å²) in [5.74, 6) is 2.31. The lowest BCUT2D eigenvalue weighted by atomic mass is 10.1. The molecule has 0 radical (unpaired) electrons. The highest BCUT2D eigenvalue weighted by Crippen LogP contribution is 2.23. The van der Waals surface area contributed by atoms with Crippen LogP contribution in [0.5, 0.6) is 0 Å². The molecule has 0 spiro atoms. The number of carbonyl (C=O) groups is 1. The van der Waals surface area contributed by atoms with E-state index >= 15 is 0 Å². The van der Waals surface area contributed by atoms with Gasteiger partial charge in [-0.2, -0.15) is 11.8 Å². The van der Waals surface area contributed by atoms with Crippen molar-refractivity contribution in [1.82, 2.24) is 4.90 Å². The number of aliphatic carboxylic acids is 1. The van der Waals surface area contributed by atoms with E-state index in [1.807, 2.05) is 16.7 Å². The van der Waals surface area contributed by atoms with Crippen LogP contribution in [-0.4, -0.2) is 47.1 Å². The van der Waals surface area contributed by atoms with E-state index in [0.29, 0.717) is 12.5 Å². The Bertz CT molecular complexity index is 202. The average molecular weight is 215 g/mol. The SMILES string of the molecule is C=CCN(CC(=O)O)CC1CCSC1. The third kappa shape index (κ3) is 4.15. The average Bonchev–Trinajstić information content (AvgIpc) is 2.56. The molecule has 0 bridgehead atoms. The van der Waals surface area contributed by atoms with Crippen molar-refractivity contribution < 1.29 is 9.90 Å². The summed E-state index contributed by atoms with van der Waals surface area (Å²) in [6.45, 7) is 5.34. The Labute approximate surface area is 89.2 Å². The molecule has 1 saturated heterocycles. The summed E-state index contributed by atoms with van der Waals surface area (Å²) in [5.41, 5.74) is 0. The number of hydrogen-bond acceptors (Lipinski definition) is 3. The van der Waals surface area contributed by atoms with Gasteiger partial charge in [-0.1, -0.05) is 6.08 Å². The molecule has 1 heterocycles. The Balaban J connectivity index is 2.32. The van der Waals surface area contributed by atoms with Crippen molar-refractivity contribution in [2.45, 2.75) is 6.42 Å². The third-order valence-electron chi connectivity index (χ3n) is 2.29. The van der Waals surface area contributed by atoms with Gasteiger partial charge in [0, 0.05) is 13.1 Å². The highest BCUT2D eigenvalue weighted by atomic mass is 32.2. The second-order valence-electron chi connectivity index (χ2n) is 3.61. The molecule has 1 unspecified atom stereocenters. The van der Waals surface area contributed by atoms with Gasteiger partial charge in [0.15, 0.2) is 0 Å². The summed E-state index contributed by atoms with van der Waals surface area (Å²) in [6.07, 6.45) is 2.99. The van der Waals surface area contributed by atoms with Crippen LogP contribution in [0.4, 0.5) is 0 Å². The van der Waals surface area contributed by atoms with Crippen LogP contribution in [0.15, 0.2) is 12.7 Å². The van der Waals surface area contributed by atoms with Crippen molar-refractivity contribution in [3.05, 3.63) is 12.7 Å². The first kappa shape index (κ1) is 11.6. The smallest absolute Gasteiger partial charge is 0.317 e. The van der Waals surface area contributed by atoms with Gasteiger partial charge in [-0.25, -0.2) is 0 Å². The van der Waals surface area contributed by atoms with Crippen molar-refractivity contribution in [3.63, 3.8) is 0 Å². The zero-order valence-electron chi connectivity index (χ0n) is 8.32. The Morgan fingerprint density at radius 3 is 3.00 bits per heavy atom. The molecule has 1 aliphatic heterocycles. The minimum Gasteiger partial charge on any atom is -0.480 e. The van der Waals surface area contributed by atoms with E-state index in [9.17, 15) is 4.79 Å². The third-order valence-corrected chi connectivity index (χ3v) is 3.52. The second-order valence-corrected chi connectivity index (χ2v) is 4.76. The van der Waals surface area contributed by atoms with Crippen molar-refractivity contribution in [2.75, 3.05) is 31.1 Å². The van der Waals surface area contributed by atoms with Crippen molar-refractivity contribution in [2.24, 2.45) is 5.92 Å². The van der Waals surface area contributed by atoms with E-state index in [-0.39, 0.29) is 6.54 Å². The number of hydrogen-bond donors (Lipinski definition) is 1. The van der Waals surface area contributed by atoms with E-state index in [1.54, 1.807) is 6.08 Å². The molecule has 0 aromatic carbocycles. The molecule has 80 valence electrons. The molecular formula is C10H17NO2S. The molecule has 1 fully saturated rings. The topological polar surface area (TPSA) is 40.5 Å². The van der Waals surface area contributed by atoms with Crippen LogP contribution in [0.3, 0.4) is 0 Å². The first-order valence-electron chi connectivity index (χ1n) is 4.85. The standard InChI is InChI=1S/C10H17NO2S/c1-2-4-11(7-10(12)13)6-9-3-5-14-8-9/h2,9H,1,3-8H2,(H,12,13). The maximum absolute atomic E-state index is 10.6. The Kier molecular flexibility index (Phi) is 5.04. The summed E-state index contributed by atoms with van der Waals surface area (Å²) in [5, 5.41) is 8.70. The van der Waals surface area contributed by atoms with Crippen LogP contribution in [0.1, 0.15) is 6.42 Å². The first-order valence-corrected chi connectivity index (χ1v) is 6.00. The van der Waals surface area contributed by atoms with Gasteiger partial charge >= 0.3 is 5.97 Å². The lowest BCUT2D eigenvalue weighted by Gasteiger charge is -2.21. The van der Waals surface area contributed by atoms with Gasteiger partial charge in [0.25, 0.3) is 0 Å². The number of rotatable bonds is 6. The van der Waals surface area contributed by atoms with Gasteiger partial charge in [-0.05, 0) is 23.8 Å². The van der Waals surface area contributed by atoms with Crippen LogP contribution in [0.2, 0.25) is 0 Å². The molecule has 4 heteroatoms. The molecule has 14 heavy (non-hydrogen) atoms. The first-order chi connectivity index (χ1) is 6.72. The largest absolute Gasteiger partial charge is 0.480 e. The quantitative estimate of drug-likeness (QED) is 0.678. The molecule has 1 rings (SSSR count). The molecule has 0 aliphatic carbocycles. The van der Waals surface area contributed by atoms with Crippen LogP contribution < -0.4 is 0 Å². The minimum absolute atomic E-state index is 0.132. The maximum atomic E-state index is 10.6. The fraction of sp³-hybridized carbons (Fsp3) is 0.700. The number of nitrogens with zero attached hydrogens (tertiary/aromatic N) is 1. The van der Waals surface area contributed by atoms with E-state index in [2.05, 4.69) is 6.58 Å². The van der Waals surface area contributed by atoms with E-state index in [1.165, 1.54) is 17.9 Å². The predicted molar refractivity (Wildman–Crippen MR) is 59.7 cm³/mol. The van der Waals surface area contributed by atoms with Crippen molar-refractivity contribution in [3.8, 4) is 0 Å². The van der Waals surface area contributed by atoms with E-state index < -0.39 is 5.97 Å². The molecule has 3 nitrogen and oxygen atoms in total. The molecular weight excluding hydrogens is 198 g/mol. The summed E-state index contributed by atoms with van der Waals surface area (Å²) in [7, 11) is 0. The van der Waals surface area contributed by atoms with Gasteiger partial charge in [0.2, 0.25) is 0 Å². The van der Waals surface area contributed by atoms with Crippen molar-refractivity contribution >= 4 is 17.7 Å². The van der Waals surface area contributed by atoms with Crippen LogP contribution in [0, 0.1) is 5.92 Å². The minimum atomic E-state index is -0.752. The second kappa shape index (κ2) is 6.09. The Morgan fingerprint density at radius 2 is 2.50 bits per heavy atom. The number of carboxylic acids is 1. The fourth-order valence-electron chi connectivity index (χ4n) is 1.67. The summed E-state index contributed by atoms with van der Waals surface area (Å²) in [6, 6.07) is 0. The summed E-state index contributed by atoms with van der Waals surface area (Å²) in [4.78, 5) is 12.5.